The summed E-state index contributed by atoms with van der Waals surface area (Å²) in [6.45, 7) is 7.37. The molecule has 0 aliphatic carbocycles. The van der Waals surface area contributed by atoms with E-state index in [4.69, 9.17) is 4.74 Å². The number of benzene rings is 1. The van der Waals surface area contributed by atoms with Crippen molar-refractivity contribution < 1.29 is 9.66 Å². The van der Waals surface area contributed by atoms with Crippen molar-refractivity contribution in [2.24, 2.45) is 0 Å². The summed E-state index contributed by atoms with van der Waals surface area (Å²) < 4.78 is 5.31. The first-order chi connectivity index (χ1) is 9.66. The predicted molar refractivity (Wildman–Crippen MR) is 78.2 cm³/mol. The summed E-state index contributed by atoms with van der Waals surface area (Å²) in [5, 5.41) is 14.0. The molecule has 20 heavy (non-hydrogen) atoms. The van der Waals surface area contributed by atoms with Crippen LogP contribution in [0.4, 0.5) is 11.4 Å². The van der Waals surface area contributed by atoms with Crippen LogP contribution >= 0.6 is 0 Å². The highest BCUT2D eigenvalue weighted by Gasteiger charge is 2.11. The Morgan fingerprint density at radius 1 is 1.40 bits per heavy atom. The molecule has 2 rings (SSSR count). The van der Waals surface area contributed by atoms with E-state index in [0.717, 1.165) is 51.5 Å². The third kappa shape index (κ3) is 4.18. The number of hydrogen-bond acceptors (Lipinski definition) is 5. The lowest BCUT2D eigenvalue weighted by molar-refractivity contribution is -0.385. The van der Waals surface area contributed by atoms with Crippen LogP contribution in [0, 0.1) is 17.0 Å². The van der Waals surface area contributed by atoms with Crippen LogP contribution in [0.15, 0.2) is 18.2 Å². The molecule has 1 aliphatic rings. The van der Waals surface area contributed by atoms with Crippen molar-refractivity contribution in [2.75, 3.05) is 44.7 Å². The van der Waals surface area contributed by atoms with Crippen LogP contribution in [0.5, 0.6) is 0 Å². The summed E-state index contributed by atoms with van der Waals surface area (Å²) in [7, 11) is 0. The van der Waals surface area contributed by atoms with E-state index in [9.17, 15) is 10.1 Å². The van der Waals surface area contributed by atoms with Crippen molar-refractivity contribution in [3.63, 3.8) is 0 Å². The maximum atomic E-state index is 10.7. The van der Waals surface area contributed by atoms with Crippen molar-refractivity contribution >= 4 is 11.4 Å². The Morgan fingerprint density at radius 3 is 2.80 bits per heavy atom. The van der Waals surface area contributed by atoms with Crippen LogP contribution < -0.4 is 5.32 Å². The molecule has 0 spiro atoms. The molecule has 6 nitrogen and oxygen atoms in total. The molecule has 1 aliphatic heterocycles. The summed E-state index contributed by atoms with van der Waals surface area (Å²) >= 11 is 0. The first kappa shape index (κ1) is 14.7. The van der Waals surface area contributed by atoms with Gasteiger partial charge in [0.25, 0.3) is 5.69 Å². The highest BCUT2D eigenvalue weighted by Crippen LogP contribution is 2.21. The molecule has 0 atom stereocenters. The lowest BCUT2D eigenvalue weighted by Gasteiger charge is -2.26. The standard InChI is InChI=1S/C14H21N3O3/c1-12-11-13(3-4-14(12)17(18)19)15-5-2-6-16-7-9-20-10-8-16/h3-4,11,15H,2,5-10H2,1H3. The second-order valence-electron chi connectivity index (χ2n) is 4.99. The number of nitro groups is 1. The zero-order valence-corrected chi connectivity index (χ0v) is 11.8. The van der Waals surface area contributed by atoms with E-state index in [0.29, 0.717) is 5.56 Å². The number of nitrogens with zero attached hydrogens (tertiary/aromatic N) is 2. The first-order valence-corrected chi connectivity index (χ1v) is 6.96. The molecule has 1 aromatic carbocycles. The van der Waals surface area contributed by atoms with Gasteiger partial charge >= 0.3 is 0 Å². The molecule has 110 valence electrons. The molecule has 1 N–H and O–H groups in total. The summed E-state index contributed by atoms with van der Waals surface area (Å²) in [6, 6.07) is 5.15. The highest BCUT2D eigenvalue weighted by molar-refractivity contribution is 5.53. The van der Waals surface area contributed by atoms with Gasteiger partial charge in [-0.05, 0) is 32.0 Å². The monoisotopic (exact) mass is 279 g/mol. The lowest BCUT2D eigenvalue weighted by Crippen LogP contribution is -2.37. The minimum atomic E-state index is -0.350. The van der Waals surface area contributed by atoms with Gasteiger partial charge in [0.05, 0.1) is 18.1 Å². The van der Waals surface area contributed by atoms with Gasteiger partial charge in [0.15, 0.2) is 0 Å². The van der Waals surface area contributed by atoms with Gasteiger partial charge < -0.3 is 10.1 Å². The summed E-state index contributed by atoms with van der Waals surface area (Å²) in [6.07, 6.45) is 1.05. The SMILES string of the molecule is Cc1cc(NCCCN2CCOCC2)ccc1[N+](=O)[O-]. The Hall–Kier alpha value is -1.66. The molecule has 0 saturated carbocycles. The molecular formula is C14H21N3O3. The normalized spacial score (nSPS) is 16.1. The average molecular weight is 279 g/mol. The molecular weight excluding hydrogens is 258 g/mol. The van der Waals surface area contributed by atoms with Gasteiger partial charge in [0, 0.05) is 37.0 Å². The van der Waals surface area contributed by atoms with Crippen molar-refractivity contribution in [2.45, 2.75) is 13.3 Å². The molecule has 6 heteroatoms. The Kier molecular flexibility index (Phi) is 5.31. The third-order valence-electron chi connectivity index (χ3n) is 3.48. The second-order valence-corrected chi connectivity index (χ2v) is 4.99. The Balaban J connectivity index is 1.73. The van der Waals surface area contributed by atoms with Crippen LogP contribution in [0.1, 0.15) is 12.0 Å². The quantitative estimate of drug-likeness (QED) is 0.490. The highest BCUT2D eigenvalue weighted by atomic mass is 16.6. The van der Waals surface area contributed by atoms with Crippen LogP contribution in [0.3, 0.4) is 0 Å². The fourth-order valence-corrected chi connectivity index (χ4v) is 2.33. The molecule has 0 bridgehead atoms. The van der Waals surface area contributed by atoms with E-state index in [1.165, 1.54) is 0 Å². The van der Waals surface area contributed by atoms with Crippen molar-refractivity contribution in [3.05, 3.63) is 33.9 Å². The smallest absolute Gasteiger partial charge is 0.272 e. The lowest BCUT2D eigenvalue weighted by atomic mass is 10.2. The number of nitro benzene ring substituents is 1. The molecule has 0 amide bonds. The van der Waals surface area contributed by atoms with E-state index in [1.54, 1.807) is 19.1 Å². The number of ether oxygens (including phenoxy) is 1. The van der Waals surface area contributed by atoms with E-state index >= 15 is 0 Å². The summed E-state index contributed by atoms with van der Waals surface area (Å²) in [5.74, 6) is 0. The molecule has 1 aromatic rings. The van der Waals surface area contributed by atoms with Crippen LogP contribution in [-0.4, -0.2) is 49.2 Å². The zero-order valence-electron chi connectivity index (χ0n) is 11.8. The van der Waals surface area contributed by atoms with Crippen LogP contribution in [0.2, 0.25) is 0 Å². The maximum Gasteiger partial charge on any atom is 0.272 e. The van der Waals surface area contributed by atoms with Crippen molar-refractivity contribution in [1.29, 1.82) is 0 Å². The molecule has 0 unspecified atom stereocenters. The second kappa shape index (κ2) is 7.21. The van der Waals surface area contributed by atoms with Gasteiger partial charge in [-0.15, -0.1) is 0 Å². The zero-order chi connectivity index (χ0) is 14.4. The number of anilines is 1. The third-order valence-corrected chi connectivity index (χ3v) is 3.48. The van der Waals surface area contributed by atoms with Crippen molar-refractivity contribution in [1.82, 2.24) is 4.90 Å². The van der Waals surface area contributed by atoms with Crippen LogP contribution in [0.25, 0.3) is 0 Å². The summed E-state index contributed by atoms with van der Waals surface area (Å²) in [4.78, 5) is 12.8. The molecule has 1 fully saturated rings. The minimum absolute atomic E-state index is 0.170. The molecule has 0 aromatic heterocycles. The Labute approximate surface area is 118 Å². The number of nitrogens with one attached hydrogen (secondary N) is 1. The van der Waals surface area contributed by atoms with E-state index in [-0.39, 0.29) is 10.6 Å². The van der Waals surface area contributed by atoms with Gasteiger partial charge in [-0.1, -0.05) is 0 Å². The number of hydrogen-bond donors (Lipinski definition) is 1. The molecule has 1 heterocycles. The largest absolute Gasteiger partial charge is 0.385 e. The van der Waals surface area contributed by atoms with Crippen molar-refractivity contribution in [3.8, 4) is 0 Å². The summed E-state index contributed by atoms with van der Waals surface area (Å²) in [5.41, 5.74) is 1.80. The van der Waals surface area contributed by atoms with E-state index in [2.05, 4.69) is 10.2 Å². The topological polar surface area (TPSA) is 67.6 Å². The fourth-order valence-electron chi connectivity index (χ4n) is 2.33. The Morgan fingerprint density at radius 2 is 2.15 bits per heavy atom. The van der Waals surface area contributed by atoms with Gasteiger partial charge in [-0.3, -0.25) is 15.0 Å². The van der Waals surface area contributed by atoms with Gasteiger partial charge in [-0.2, -0.15) is 0 Å². The maximum absolute atomic E-state index is 10.7. The Bertz CT molecular complexity index is 459. The van der Waals surface area contributed by atoms with Crippen LogP contribution in [-0.2, 0) is 4.74 Å². The van der Waals surface area contributed by atoms with Gasteiger partial charge in [-0.25, -0.2) is 0 Å². The van der Waals surface area contributed by atoms with Gasteiger partial charge in [0.1, 0.15) is 0 Å². The van der Waals surface area contributed by atoms with Gasteiger partial charge in [0.2, 0.25) is 0 Å². The minimum Gasteiger partial charge on any atom is -0.385 e. The first-order valence-electron chi connectivity index (χ1n) is 6.96. The molecule has 0 radical (unpaired) electrons. The fraction of sp³-hybridized carbons (Fsp3) is 0.571. The van der Waals surface area contributed by atoms with E-state index in [1.807, 2.05) is 6.07 Å². The predicted octanol–water partition coefficient (Wildman–Crippen LogP) is 2.04. The number of rotatable bonds is 6. The average Bonchev–Trinajstić information content (AvgIpc) is 2.44. The number of morpholine rings is 1. The molecule has 1 saturated heterocycles. The van der Waals surface area contributed by atoms with E-state index < -0.39 is 0 Å². The number of aryl methyl sites for hydroxylation is 1.